The van der Waals surface area contributed by atoms with Gasteiger partial charge in [0.25, 0.3) is 11.8 Å². The maximum atomic E-state index is 12.8. The Kier molecular flexibility index (Phi) is 15.4. The smallest absolute Gasteiger partial charge is 0.407 e. The number of aliphatic carboxylic acids is 3. The lowest BCUT2D eigenvalue weighted by atomic mass is 10.0. The zero-order valence-corrected chi connectivity index (χ0v) is 28.1. The zero-order valence-electron chi connectivity index (χ0n) is 28.1. The van der Waals surface area contributed by atoms with Gasteiger partial charge < -0.3 is 31.5 Å². The van der Waals surface area contributed by atoms with Crippen molar-refractivity contribution in [1.29, 1.82) is 0 Å². The van der Waals surface area contributed by atoms with E-state index in [4.69, 9.17) is 21.1 Å². The maximum absolute atomic E-state index is 12.8. The zero-order chi connectivity index (χ0) is 38.2. The molecule has 0 aromatic heterocycles. The molecule has 9 N–H and O–H groups in total. The fraction of sp³-hybridized carbons (Fsp3) is 0.324. The summed E-state index contributed by atoms with van der Waals surface area (Å²) in [7, 11) is 0. The van der Waals surface area contributed by atoms with Gasteiger partial charge in [-0.2, -0.15) is 0 Å². The van der Waals surface area contributed by atoms with Gasteiger partial charge in [0.2, 0.25) is 5.91 Å². The Labute approximate surface area is 297 Å². The number of nitrogens with zero attached hydrogens (tertiary/aromatic N) is 3. The molecular formula is C34H41N7O11. The average molecular weight is 724 g/mol. The molecule has 3 aromatic carbocycles. The molecule has 0 unspecified atom stereocenters. The molecule has 0 heterocycles. The molecule has 0 saturated carbocycles. The van der Waals surface area contributed by atoms with E-state index in [2.05, 4.69) is 16.2 Å². The first-order valence-electron chi connectivity index (χ1n) is 16.0. The third-order valence-electron chi connectivity index (χ3n) is 7.71. The van der Waals surface area contributed by atoms with Crippen molar-refractivity contribution in [2.75, 3.05) is 52.4 Å². The summed E-state index contributed by atoms with van der Waals surface area (Å²) < 4.78 is 0. The van der Waals surface area contributed by atoms with Gasteiger partial charge in [-0.3, -0.25) is 54.3 Å². The lowest BCUT2D eigenvalue weighted by Gasteiger charge is -2.27. The molecule has 3 aromatic rings. The normalized spacial score (nSPS) is 11.5. The van der Waals surface area contributed by atoms with Crippen LogP contribution < -0.4 is 21.9 Å². The number of hydrogen-bond donors (Lipinski definition) is 8. The molecule has 278 valence electrons. The molecule has 18 heteroatoms. The van der Waals surface area contributed by atoms with Gasteiger partial charge >= 0.3 is 24.0 Å². The van der Waals surface area contributed by atoms with Crippen LogP contribution in [0.4, 0.5) is 4.79 Å². The van der Waals surface area contributed by atoms with E-state index in [9.17, 15) is 38.7 Å². The van der Waals surface area contributed by atoms with E-state index in [-0.39, 0.29) is 51.3 Å². The number of carboxylic acid groups (broad SMARTS) is 4. The number of nitrogens with one attached hydrogen (secondary N) is 3. The van der Waals surface area contributed by atoms with E-state index in [1.165, 1.54) is 17.0 Å². The summed E-state index contributed by atoms with van der Waals surface area (Å²) in [5.74, 6) is -5.62. The Morgan fingerprint density at radius 3 is 1.83 bits per heavy atom. The standard InChI is InChI=1S/C34H41N7O11/c35-27(16-23-7-8-24-3-1-2-4-26(24)15-23)33(50)38-37-32(49)25-9-5-22(6-10-25)17-36-28(42)18-39(13-14-41(34(51)52)21-31(47)48)11-12-40(19-29(43)44)20-30(45)46/h1-10,15,27H,11-14,16-21,35H2,(H,36,42)(H,37,49)(H,38,50)(H,43,44)(H,45,46)(H,47,48)(H,51,52)/t27-/m1/s1. The second-order valence-corrected chi connectivity index (χ2v) is 11.8. The van der Waals surface area contributed by atoms with Crippen LogP contribution in [-0.4, -0.2) is 135 Å². The van der Waals surface area contributed by atoms with Crippen LogP contribution in [0.25, 0.3) is 10.8 Å². The largest absolute Gasteiger partial charge is 0.480 e. The monoisotopic (exact) mass is 723 g/mol. The number of benzene rings is 3. The van der Waals surface area contributed by atoms with Gasteiger partial charge in [-0.05, 0) is 40.5 Å². The van der Waals surface area contributed by atoms with E-state index in [1.54, 1.807) is 12.1 Å². The van der Waals surface area contributed by atoms with Crippen LogP contribution >= 0.6 is 0 Å². The van der Waals surface area contributed by atoms with Gasteiger partial charge in [-0.15, -0.1) is 0 Å². The molecule has 0 aliphatic carbocycles. The summed E-state index contributed by atoms with van der Waals surface area (Å²) in [5, 5.41) is 41.3. The minimum absolute atomic E-state index is 0.0271. The molecule has 0 bridgehead atoms. The Morgan fingerprint density at radius 1 is 0.635 bits per heavy atom. The van der Waals surface area contributed by atoms with Crippen LogP contribution in [0.1, 0.15) is 21.5 Å². The van der Waals surface area contributed by atoms with E-state index >= 15 is 0 Å². The lowest BCUT2D eigenvalue weighted by Crippen LogP contribution is -2.50. The number of hydrazine groups is 1. The van der Waals surface area contributed by atoms with Crippen molar-refractivity contribution >= 4 is 52.5 Å². The summed E-state index contributed by atoms with van der Waals surface area (Å²) >= 11 is 0. The van der Waals surface area contributed by atoms with E-state index in [0.717, 1.165) is 21.2 Å². The summed E-state index contributed by atoms with van der Waals surface area (Å²) in [4.78, 5) is 86.1. The predicted octanol–water partition coefficient (Wildman–Crippen LogP) is -0.375. The Bertz CT molecular complexity index is 1740. The summed E-state index contributed by atoms with van der Waals surface area (Å²) in [6, 6.07) is 18.7. The summed E-state index contributed by atoms with van der Waals surface area (Å²) in [6.07, 6.45) is -1.24. The van der Waals surface area contributed by atoms with Crippen molar-refractivity contribution in [3.05, 3.63) is 83.4 Å². The number of fused-ring (bicyclic) bond motifs is 1. The first-order chi connectivity index (χ1) is 24.7. The minimum Gasteiger partial charge on any atom is -0.480 e. The highest BCUT2D eigenvalue weighted by atomic mass is 16.4. The molecule has 18 nitrogen and oxygen atoms in total. The van der Waals surface area contributed by atoms with Crippen LogP contribution in [0.5, 0.6) is 0 Å². The molecule has 3 rings (SSSR count). The number of carbonyl (C=O) groups is 7. The Morgan fingerprint density at radius 2 is 1.21 bits per heavy atom. The second kappa shape index (κ2) is 19.9. The van der Waals surface area contributed by atoms with Crippen LogP contribution in [-0.2, 0) is 36.9 Å². The van der Waals surface area contributed by atoms with Gasteiger partial charge in [-0.1, -0.05) is 54.6 Å². The van der Waals surface area contributed by atoms with Gasteiger partial charge in [0.05, 0.1) is 25.7 Å². The SMILES string of the molecule is N[C@H](Cc1ccc2ccccc2c1)C(=O)NNC(=O)c1ccc(CNC(=O)CN(CCN(CC(=O)O)CC(=O)O)CCN(CC(=O)O)C(=O)O)cc1. The Balaban J connectivity index is 1.51. The quantitative estimate of drug-likeness (QED) is 0.0691. The van der Waals surface area contributed by atoms with Crippen molar-refractivity contribution < 1.29 is 54.0 Å². The third-order valence-corrected chi connectivity index (χ3v) is 7.71. The summed E-state index contributed by atoms with van der Waals surface area (Å²) in [5.41, 5.74) is 12.4. The van der Waals surface area contributed by atoms with Crippen molar-refractivity contribution in [3.8, 4) is 0 Å². The fourth-order valence-corrected chi connectivity index (χ4v) is 5.05. The van der Waals surface area contributed by atoms with Crippen LogP contribution in [0.2, 0.25) is 0 Å². The van der Waals surface area contributed by atoms with Crippen molar-refractivity contribution in [2.24, 2.45) is 5.73 Å². The highest BCUT2D eigenvalue weighted by molar-refractivity contribution is 5.96. The number of nitrogens with two attached hydrogens (primary N) is 1. The van der Waals surface area contributed by atoms with Crippen LogP contribution in [0, 0.1) is 0 Å². The second-order valence-electron chi connectivity index (χ2n) is 11.8. The first kappa shape index (κ1) is 40.3. The predicted molar refractivity (Wildman–Crippen MR) is 185 cm³/mol. The molecule has 4 amide bonds. The highest BCUT2D eigenvalue weighted by Gasteiger charge is 2.21. The van der Waals surface area contributed by atoms with E-state index in [1.807, 2.05) is 42.5 Å². The van der Waals surface area contributed by atoms with E-state index < -0.39 is 67.4 Å². The number of carboxylic acids is 3. The molecule has 0 aliphatic rings. The van der Waals surface area contributed by atoms with Crippen molar-refractivity contribution in [2.45, 2.75) is 19.0 Å². The van der Waals surface area contributed by atoms with Gasteiger partial charge in [0.15, 0.2) is 0 Å². The molecule has 0 spiro atoms. The molecule has 0 radical (unpaired) electrons. The minimum atomic E-state index is -1.50. The molecule has 1 atom stereocenters. The first-order valence-corrected chi connectivity index (χ1v) is 16.0. The highest BCUT2D eigenvalue weighted by Crippen LogP contribution is 2.16. The van der Waals surface area contributed by atoms with Crippen molar-refractivity contribution in [1.82, 2.24) is 30.9 Å². The van der Waals surface area contributed by atoms with Gasteiger partial charge in [-0.25, -0.2) is 4.79 Å². The number of carbonyl (C=O) groups excluding carboxylic acids is 3. The van der Waals surface area contributed by atoms with Gasteiger partial charge in [0, 0.05) is 38.3 Å². The molecule has 0 aliphatic heterocycles. The van der Waals surface area contributed by atoms with Crippen LogP contribution in [0.3, 0.4) is 0 Å². The number of amides is 4. The molecular weight excluding hydrogens is 682 g/mol. The van der Waals surface area contributed by atoms with Crippen LogP contribution in [0.15, 0.2) is 66.7 Å². The van der Waals surface area contributed by atoms with E-state index in [0.29, 0.717) is 10.5 Å². The lowest BCUT2D eigenvalue weighted by molar-refractivity contribution is -0.142. The third kappa shape index (κ3) is 14.0. The number of rotatable bonds is 20. The van der Waals surface area contributed by atoms with Crippen molar-refractivity contribution in [3.63, 3.8) is 0 Å². The molecule has 0 saturated heterocycles. The Hall–Kier alpha value is -6.11. The topological polar surface area (TPSA) is 272 Å². The van der Waals surface area contributed by atoms with Gasteiger partial charge in [0.1, 0.15) is 6.54 Å². The average Bonchev–Trinajstić information content (AvgIpc) is 3.09. The fourth-order valence-electron chi connectivity index (χ4n) is 5.05. The maximum Gasteiger partial charge on any atom is 0.407 e. The summed E-state index contributed by atoms with van der Waals surface area (Å²) in [6.45, 7) is -2.82. The number of hydrogen-bond acceptors (Lipinski definition) is 10. The molecule has 52 heavy (non-hydrogen) atoms. The molecule has 0 fully saturated rings.